The van der Waals surface area contributed by atoms with Crippen molar-refractivity contribution >= 4 is 34.1 Å². The predicted octanol–water partition coefficient (Wildman–Crippen LogP) is 7.53. The first kappa shape index (κ1) is 21.4. The number of likely N-dealkylation sites (tertiary alicyclic amines) is 1. The van der Waals surface area contributed by atoms with Crippen LogP contribution in [0.4, 0.5) is 0 Å². The molecule has 0 spiro atoms. The molecule has 0 unspecified atom stereocenters. The van der Waals surface area contributed by atoms with E-state index in [0.717, 1.165) is 64.9 Å². The van der Waals surface area contributed by atoms with Crippen molar-refractivity contribution in [2.75, 3.05) is 20.2 Å². The average Bonchev–Trinajstić information content (AvgIpc) is 3.18. The van der Waals surface area contributed by atoms with Crippen molar-refractivity contribution in [1.29, 1.82) is 0 Å². The van der Waals surface area contributed by atoms with Crippen LogP contribution in [0.2, 0.25) is 10.0 Å². The third-order valence-corrected chi connectivity index (χ3v) is 7.21. The molecule has 1 aromatic heterocycles. The first-order valence-corrected chi connectivity index (χ1v) is 11.8. The molecule has 0 radical (unpaired) electrons. The molecule has 164 valence electrons. The summed E-state index contributed by atoms with van der Waals surface area (Å²) in [7, 11) is 1.71. The smallest absolute Gasteiger partial charge is 0.119 e. The highest BCUT2D eigenvalue weighted by Crippen LogP contribution is 2.39. The zero-order valence-electron chi connectivity index (χ0n) is 18.1. The van der Waals surface area contributed by atoms with Gasteiger partial charge in [-0.3, -0.25) is 4.90 Å². The van der Waals surface area contributed by atoms with Crippen LogP contribution in [0.15, 0.2) is 66.7 Å². The number of hydrogen-bond donors (Lipinski definition) is 1. The predicted molar refractivity (Wildman–Crippen MR) is 134 cm³/mol. The number of fused-ring (bicyclic) bond motifs is 1. The molecule has 4 aromatic rings. The summed E-state index contributed by atoms with van der Waals surface area (Å²) in [6.45, 7) is 2.94. The summed E-state index contributed by atoms with van der Waals surface area (Å²) in [6.07, 6.45) is 2.11. The molecule has 3 nitrogen and oxygen atoms in total. The Hall–Kier alpha value is -2.46. The lowest BCUT2D eigenvalue weighted by Crippen LogP contribution is -2.32. The van der Waals surface area contributed by atoms with E-state index >= 15 is 0 Å². The summed E-state index contributed by atoms with van der Waals surface area (Å²) < 4.78 is 5.47. The van der Waals surface area contributed by atoms with Gasteiger partial charge in [0.05, 0.1) is 12.8 Å². The van der Waals surface area contributed by atoms with Gasteiger partial charge in [0.1, 0.15) is 5.75 Å². The number of nitrogens with zero attached hydrogens (tertiary/aromatic N) is 1. The molecule has 0 aliphatic carbocycles. The van der Waals surface area contributed by atoms with Crippen molar-refractivity contribution in [2.45, 2.75) is 25.3 Å². The van der Waals surface area contributed by atoms with E-state index in [-0.39, 0.29) is 0 Å². The molecule has 5 heteroatoms. The fraction of sp³-hybridized carbons (Fsp3) is 0.259. The van der Waals surface area contributed by atoms with E-state index < -0.39 is 0 Å². The first-order valence-electron chi connectivity index (χ1n) is 11.0. The molecule has 32 heavy (non-hydrogen) atoms. The van der Waals surface area contributed by atoms with Crippen molar-refractivity contribution in [3.05, 3.63) is 87.9 Å². The molecular weight excluding hydrogens is 439 g/mol. The maximum absolute atomic E-state index is 6.48. The fourth-order valence-corrected chi connectivity index (χ4v) is 5.60. The van der Waals surface area contributed by atoms with Crippen LogP contribution >= 0.6 is 23.2 Å². The molecular formula is C27H26Cl2N2O. The van der Waals surface area contributed by atoms with Crippen molar-refractivity contribution in [3.8, 4) is 17.0 Å². The molecule has 5 rings (SSSR count). The first-order chi connectivity index (χ1) is 15.6. The summed E-state index contributed by atoms with van der Waals surface area (Å²) in [5.41, 5.74) is 5.93. The molecule has 0 amide bonds. The minimum absolute atomic E-state index is 0.410. The molecule has 0 atom stereocenters. The Morgan fingerprint density at radius 3 is 2.41 bits per heavy atom. The Balaban J connectivity index is 1.41. The summed E-state index contributed by atoms with van der Waals surface area (Å²) in [6, 6.07) is 22.6. The van der Waals surface area contributed by atoms with Gasteiger partial charge in [0.15, 0.2) is 0 Å². The number of nitrogens with one attached hydrogen (secondary N) is 1. The van der Waals surface area contributed by atoms with Gasteiger partial charge >= 0.3 is 0 Å². The van der Waals surface area contributed by atoms with E-state index in [0.29, 0.717) is 5.92 Å². The number of methoxy groups -OCH3 is 1. The van der Waals surface area contributed by atoms with E-state index in [1.54, 1.807) is 7.11 Å². The van der Waals surface area contributed by atoms with E-state index in [1.807, 2.05) is 30.3 Å². The van der Waals surface area contributed by atoms with Gasteiger partial charge in [-0.25, -0.2) is 0 Å². The van der Waals surface area contributed by atoms with Crippen LogP contribution < -0.4 is 4.74 Å². The maximum Gasteiger partial charge on any atom is 0.119 e. The van der Waals surface area contributed by atoms with Crippen molar-refractivity contribution in [1.82, 2.24) is 9.88 Å². The lowest BCUT2D eigenvalue weighted by atomic mass is 9.89. The zero-order valence-corrected chi connectivity index (χ0v) is 19.6. The van der Waals surface area contributed by atoms with Crippen LogP contribution in [0.25, 0.3) is 22.2 Å². The largest absolute Gasteiger partial charge is 0.497 e. The Morgan fingerprint density at radius 1 is 0.938 bits per heavy atom. The molecule has 1 aliphatic heterocycles. The van der Waals surface area contributed by atoms with Crippen LogP contribution in [0, 0.1) is 0 Å². The molecule has 0 saturated carbocycles. The van der Waals surface area contributed by atoms with Crippen LogP contribution in [0.5, 0.6) is 5.75 Å². The Kier molecular flexibility index (Phi) is 6.14. The van der Waals surface area contributed by atoms with Gasteiger partial charge in [0, 0.05) is 33.1 Å². The second-order valence-corrected chi connectivity index (χ2v) is 9.26. The van der Waals surface area contributed by atoms with Crippen molar-refractivity contribution in [3.63, 3.8) is 0 Å². The Morgan fingerprint density at radius 2 is 1.66 bits per heavy atom. The monoisotopic (exact) mass is 464 g/mol. The normalized spacial score (nSPS) is 15.3. The second kappa shape index (κ2) is 9.19. The van der Waals surface area contributed by atoms with E-state index in [2.05, 4.69) is 46.3 Å². The minimum atomic E-state index is 0.410. The summed E-state index contributed by atoms with van der Waals surface area (Å²) in [4.78, 5) is 6.20. The molecule has 1 N–H and O–H groups in total. The topological polar surface area (TPSA) is 28.3 Å². The van der Waals surface area contributed by atoms with Gasteiger partial charge < -0.3 is 9.72 Å². The number of para-hydroxylation sites is 1. The number of rotatable bonds is 5. The molecule has 0 bridgehead atoms. The number of benzene rings is 3. The summed E-state index contributed by atoms with van der Waals surface area (Å²) >= 11 is 13.0. The van der Waals surface area contributed by atoms with Crippen LogP contribution in [-0.2, 0) is 6.54 Å². The van der Waals surface area contributed by atoms with E-state index in [1.165, 1.54) is 16.6 Å². The zero-order chi connectivity index (χ0) is 22.1. The highest BCUT2D eigenvalue weighted by molar-refractivity contribution is 6.36. The van der Waals surface area contributed by atoms with Gasteiger partial charge in [-0.15, -0.1) is 0 Å². The summed E-state index contributed by atoms with van der Waals surface area (Å²) in [5, 5.41) is 2.85. The minimum Gasteiger partial charge on any atom is -0.497 e. The van der Waals surface area contributed by atoms with Crippen molar-refractivity contribution in [2.24, 2.45) is 0 Å². The Labute approximate surface area is 198 Å². The van der Waals surface area contributed by atoms with Gasteiger partial charge in [-0.2, -0.15) is 0 Å². The van der Waals surface area contributed by atoms with Crippen LogP contribution in [0.3, 0.4) is 0 Å². The van der Waals surface area contributed by atoms with Gasteiger partial charge in [-0.05, 0) is 73.3 Å². The lowest BCUT2D eigenvalue weighted by Gasteiger charge is -2.33. The van der Waals surface area contributed by atoms with E-state index in [4.69, 9.17) is 27.9 Å². The van der Waals surface area contributed by atoms with Gasteiger partial charge in [0.25, 0.3) is 0 Å². The molecule has 3 aromatic carbocycles. The van der Waals surface area contributed by atoms with Crippen molar-refractivity contribution < 1.29 is 4.74 Å². The number of H-pyrrole nitrogens is 1. The number of aromatic amines is 1. The standard InChI is InChI=1S/C27H26Cl2N2O/c1-32-20-7-4-6-19(16-20)27-22(21-8-2-3-11-25(21)30-27)17-31-14-12-18(13-15-31)26-23(28)9-5-10-24(26)29/h2-11,16,18,30H,12-15,17H2,1H3. The number of aromatic nitrogens is 1. The van der Waals surface area contributed by atoms with Crippen LogP contribution in [-0.4, -0.2) is 30.1 Å². The second-order valence-electron chi connectivity index (χ2n) is 8.44. The van der Waals surface area contributed by atoms with Crippen LogP contribution in [0.1, 0.15) is 29.9 Å². The maximum atomic E-state index is 6.48. The molecule has 2 heterocycles. The lowest BCUT2D eigenvalue weighted by molar-refractivity contribution is 0.205. The van der Waals surface area contributed by atoms with Gasteiger partial charge in [-0.1, -0.05) is 59.6 Å². The fourth-order valence-electron chi connectivity index (χ4n) is 4.89. The molecule has 1 saturated heterocycles. The number of ether oxygens (including phenoxy) is 1. The third kappa shape index (κ3) is 4.13. The number of hydrogen-bond acceptors (Lipinski definition) is 2. The quantitative estimate of drug-likeness (QED) is 0.330. The highest BCUT2D eigenvalue weighted by atomic mass is 35.5. The average molecular weight is 465 g/mol. The van der Waals surface area contributed by atoms with Gasteiger partial charge in [0.2, 0.25) is 0 Å². The Bertz CT molecular complexity index is 1220. The third-order valence-electron chi connectivity index (χ3n) is 6.55. The highest BCUT2D eigenvalue weighted by Gasteiger charge is 2.25. The molecule has 1 fully saturated rings. The summed E-state index contributed by atoms with van der Waals surface area (Å²) in [5.74, 6) is 1.28. The number of halogens is 2. The van der Waals surface area contributed by atoms with E-state index in [9.17, 15) is 0 Å². The SMILES string of the molecule is COc1cccc(-c2[nH]c3ccccc3c2CN2CCC(c3c(Cl)cccc3Cl)CC2)c1. The molecule has 1 aliphatic rings. The number of piperidine rings is 1.